The average Bonchev–Trinajstić information content (AvgIpc) is 2.09. The largest absolute Gasteiger partial charge is 0.192 e. The van der Waals surface area contributed by atoms with Crippen molar-refractivity contribution in [1.29, 1.82) is 5.26 Å². The van der Waals surface area contributed by atoms with E-state index in [1.54, 1.807) is 12.1 Å². The molecular weight excluding hydrogens is 193 g/mol. The Morgan fingerprint density at radius 2 is 2.08 bits per heavy atom. The maximum absolute atomic E-state index is 8.67. The van der Waals surface area contributed by atoms with Gasteiger partial charge in [0.05, 0.1) is 15.6 Å². The standard InChI is InChI=1S/C9H7Cl2N/c1-2-6-3-7(5-12)9(11)8(10)4-6/h3-4H,2H2,1H3. The summed E-state index contributed by atoms with van der Waals surface area (Å²) in [5.74, 6) is 0. The normalized spacial score (nSPS) is 9.50. The highest BCUT2D eigenvalue weighted by molar-refractivity contribution is 6.42. The third-order valence-electron chi connectivity index (χ3n) is 1.62. The topological polar surface area (TPSA) is 23.8 Å². The zero-order valence-electron chi connectivity index (χ0n) is 6.56. The van der Waals surface area contributed by atoms with Crippen molar-refractivity contribution in [3.05, 3.63) is 33.3 Å². The van der Waals surface area contributed by atoms with Crippen LogP contribution in [-0.4, -0.2) is 0 Å². The molecule has 62 valence electrons. The third-order valence-corrected chi connectivity index (χ3v) is 2.42. The van der Waals surface area contributed by atoms with Crippen molar-refractivity contribution in [1.82, 2.24) is 0 Å². The van der Waals surface area contributed by atoms with E-state index in [-0.39, 0.29) is 0 Å². The van der Waals surface area contributed by atoms with Crippen LogP contribution in [0.25, 0.3) is 0 Å². The van der Waals surface area contributed by atoms with Crippen LogP contribution in [0.1, 0.15) is 18.1 Å². The van der Waals surface area contributed by atoms with Crippen LogP contribution < -0.4 is 0 Å². The number of aryl methyl sites for hydroxylation is 1. The van der Waals surface area contributed by atoms with E-state index in [1.165, 1.54) is 0 Å². The van der Waals surface area contributed by atoms with Gasteiger partial charge in [-0.15, -0.1) is 0 Å². The van der Waals surface area contributed by atoms with E-state index in [2.05, 4.69) is 0 Å². The first kappa shape index (κ1) is 9.38. The van der Waals surface area contributed by atoms with E-state index in [9.17, 15) is 0 Å². The highest BCUT2D eigenvalue weighted by atomic mass is 35.5. The molecule has 1 aromatic rings. The third kappa shape index (κ3) is 1.72. The van der Waals surface area contributed by atoms with Crippen molar-refractivity contribution in [3.8, 4) is 6.07 Å². The fraction of sp³-hybridized carbons (Fsp3) is 0.222. The van der Waals surface area contributed by atoms with Gasteiger partial charge in [-0.05, 0) is 24.1 Å². The van der Waals surface area contributed by atoms with E-state index in [0.717, 1.165) is 12.0 Å². The van der Waals surface area contributed by atoms with E-state index >= 15 is 0 Å². The van der Waals surface area contributed by atoms with Gasteiger partial charge in [0.1, 0.15) is 6.07 Å². The lowest BCUT2D eigenvalue weighted by atomic mass is 10.1. The van der Waals surface area contributed by atoms with E-state index in [0.29, 0.717) is 15.6 Å². The summed E-state index contributed by atoms with van der Waals surface area (Å²) < 4.78 is 0. The highest BCUT2D eigenvalue weighted by Crippen LogP contribution is 2.27. The van der Waals surface area contributed by atoms with Crippen molar-refractivity contribution < 1.29 is 0 Å². The van der Waals surface area contributed by atoms with Crippen LogP contribution in [0.5, 0.6) is 0 Å². The Labute approximate surface area is 81.5 Å². The second-order valence-corrected chi connectivity index (χ2v) is 3.19. The number of hydrogen-bond acceptors (Lipinski definition) is 1. The second-order valence-electron chi connectivity index (χ2n) is 2.40. The molecule has 0 unspecified atom stereocenters. The summed E-state index contributed by atoms with van der Waals surface area (Å²) in [6.45, 7) is 2.00. The SMILES string of the molecule is CCc1cc(Cl)c(Cl)c(C#N)c1. The summed E-state index contributed by atoms with van der Waals surface area (Å²) in [7, 11) is 0. The first-order valence-electron chi connectivity index (χ1n) is 3.57. The molecule has 0 aromatic heterocycles. The summed E-state index contributed by atoms with van der Waals surface area (Å²) in [6, 6.07) is 5.54. The fourth-order valence-electron chi connectivity index (χ4n) is 0.931. The number of rotatable bonds is 1. The van der Waals surface area contributed by atoms with Crippen LogP contribution in [0.2, 0.25) is 10.0 Å². The van der Waals surface area contributed by atoms with Gasteiger partial charge < -0.3 is 0 Å². The monoisotopic (exact) mass is 199 g/mol. The van der Waals surface area contributed by atoms with Crippen molar-refractivity contribution in [3.63, 3.8) is 0 Å². The van der Waals surface area contributed by atoms with Crippen LogP contribution in [-0.2, 0) is 6.42 Å². The molecule has 1 nitrogen and oxygen atoms in total. The van der Waals surface area contributed by atoms with Gasteiger partial charge in [0.25, 0.3) is 0 Å². The molecule has 0 aliphatic rings. The molecule has 0 fully saturated rings. The quantitative estimate of drug-likeness (QED) is 0.681. The predicted molar refractivity (Wildman–Crippen MR) is 50.6 cm³/mol. The number of nitrogens with zero attached hydrogens (tertiary/aromatic N) is 1. The Bertz CT molecular complexity index is 339. The number of hydrogen-bond donors (Lipinski definition) is 0. The molecule has 0 saturated carbocycles. The highest BCUT2D eigenvalue weighted by Gasteiger charge is 2.05. The molecule has 0 N–H and O–H groups in total. The summed E-state index contributed by atoms with van der Waals surface area (Å²) in [4.78, 5) is 0. The molecule has 0 bridgehead atoms. The van der Waals surface area contributed by atoms with Gasteiger partial charge in [0.2, 0.25) is 0 Å². The van der Waals surface area contributed by atoms with Crippen LogP contribution >= 0.6 is 23.2 Å². The maximum Gasteiger partial charge on any atom is 0.101 e. The Hall–Kier alpha value is -0.710. The lowest BCUT2D eigenvalue weighted by Crippen LogP contribution is -1.85. The van der Waals surface area contributed by atoms with Crippen molar-refractivity contribution in [2.45, 2.75) is 13.3 Å². The first-order valence-corrected chi connectivity index (χ1v) is 4.32. The number of halogens is 2. The molecule has 3 heteroatoms. The van der Waals surface area contributed by atoms with Crippen LogP contribution in [0.4, 0.5) is 0 Å². The molecule has 0 radical (unpaired) electrons. The Morgan fingerprint density at radius 3 is 2.58 bits per heavy atom. The van der Waals surface area contributed by atoms with Gasteiger partial charge >= 0.3 is 0 Å². The first-order chi connectivity index (χ1) is 5.69. The lowest BCUT2D eigenvalue weighted by molar-refractivity contribution is 1.14. The van der Waals surface area contributed by atoms with Gasteiger partial charge in [-0.3, -0.25) is 0 Å². The Morgan fingerprint density at radius 1 is 1.42 bits per heavy atom. The van der Waals surface area contributed by atoms with Crippen molar-refractivity contribution in [2.24, 2.45) is 0 Å². The Kier molecular flexibility index (Phi) is 2.97. The minimum absolute atomic E-state index is 0.344. The minimum atomic E-state index is 0.344. The number of benzene rings is 1. The summed E-state index contributed by atoms with van der Waals surface area (Å²) in [5, 5.41) is 9.47. The predicted octanol–water partition coefficient (Wildman–Crippen LogP) is 3.43. The molecule has 0 saturated heterocycles. The zero-order chi connectivity index (χ0) is 9.14. The summed E-state index contributed by atoms with van der Waals surface area (Å²) in [5.41, 5.74) is 1.47. The second kappa shape index (κ2) is 3.80. The van der Waals surface area contributed by atoms with Crippen molar-refractivity contribution in [2.75, 3.05) is 0 Å². The molecule has 0 aliphatic carbocycles. The van der Waals surface area contributed by atoms with Crippen molar-refractivity contribution >= 4 is 23.2 Å². The maximum atomic E-state index is 8.67. The fourth-order valence-corrected chi connectivity index (χ4v) is 1.32. The molecule has 0 amide bonds. The molecule has 1 aromatic carbocycles. The minimum Gasteiger partial charge on any atom is -0.192 e. The molecule has 0 heterocycles. The van der Waals surface area contributed by atoms with Gasteiger partial charge in [0.15, 0.2) is 0 Å². The summed E-state index contributed by atoms with van der Waals surface area (Å²) >= 11 is 11.6. The molecule has 0 spiro atoms. The summed E-state index contributed by atoms with van der Waals surface area (Å²) in [6.07, 6.45) is 0.853. The zero-order valence-corrected chi connectivity index (χ0v) is 8.08. The van der Waals surface area contributed by atoms with E-state index in [4.69, 9.17) is 28.5 Å². The molecule has 12 heavy (non-hydrogen) atoms. The van der Waals surface area contributed by atoms with E-state index < -0.39 is 0 Å². The van der Waals surface area contributed by atoms with Gasteiger partial charge in [-0.1, -0.05) is 30.1 Å². The van der Waals surface area contributed by atoms with Crippen LogP contribution in [0.3, 0.4) is 0 Å². The van der Waals surface area contributed by atoms with Gasteiger partial charge in [-0.2, -0.15) is 5.26 Å². The van der Waals surface area contributed by atoms with Crippen LogP contribution in [0.15, 0.2) is 12.1 Å². The Balaban J connectivity index is 3.31. The lowest BCUT2D eigenvalue weighted by Gasteiger charge is -2.01. The molecular formula is C9H7Cl2N. The molecule has 0 aliphatic heterocycles. The number of nitriles is 1. The van der Waals surface area contributed by atoms with Gasteiger partial charge in [0, 0.05) is 0 Å². The van der Waals surface area contributed by atoms with E-state index in [1.807, 2.05) is 13.0 Å². The molecule has 0 atom stereocenters. The van der Waals surface area contributed by atoms with Crippen LogP contribution in [0, 0.1) is 11.3 Å². The smallest absolute Gasteiger partial charge is 0.101 e. The van der Waals surface area contributed by atoms with Gasteiger partial charge in [-0.25, -0.2) is 0 Å². The molecule has 1 rings (SSSR count). The average molecular weight is 200 g/mol.